The Morgan fingerprint density at radius 1 is 1.00 bits per heavy atom. The third-order valence-electron chi connectivity index (χ3n) is 3.76. The minimum absolute atomic E-state index is 0.828. The molecule has 0 aromatic rings. The van der Waals surface area contributed by atoms with E-state index in [9.17, 15) is 0 Å². The molecule has 2 saturated heterocycles. The van der Waals surface area contributed by atoms with Crippen LogP contribution in [0.5, 0.6) is 0 Å². The molecule has 0 saturated carbocycles. The zero-order valence-electron chi connectivity index (χ0n) is 9.37. The van der Waals surface area contributed by atoms with E-state index < -0.39 is 0 Å². The second-order valence-corrected chi connectivity index (χ2v) is 4.92. The molecule has 2 heterocycles. The molecule has 0 unspecified atom stereocenters. The number of likely N-dealkylation sites (tertiary alicyclic amines) is 1. The summed E-state index contributed by atoms with van der Waals surface area (Å²) in [6, 6.07) is 0.828. The lowest BCUT2D eigenvalue weighted by Gasteiger charge is -2.33. The molecule has 0 aromatic heterocycles. The van der Waals surface area contributed by atoms with Crippen molar-refractivity contribution in [1.29, 1.82) is 0 Å². The van der Waals surface area contributed by atoms with Gasteiger partial charge in [-0.15, -0.1) is 0 Å². The smallest absolute Gasteiger partial charge is 0.0480 e. The largest absolute Gasteiger partial charge is 0.381 e. The maximum Gasteiger partial charge on any atom is 0.0480 e. The molecule has 0 radical (unpaired) electrons. The molecule has 0 aliphatic carbocycles. The molecule has 0 N–H and O–H groups in total. The van der Waals surface area contributed by atoms with Gasteiger partial charge in [-0.25, -0.2) is 0 Å². The first-order valence-corrected chi connectivity index (χ1v) is 6.18. The predicted octanol–water partition coefficient (Wildman–Crippen LogP) is 2.29. The van der Waals surface area contributed by atoms with Gasteiger partial charge in [-0.3, -0.25) is 0 Å². The summed E-state index contributed by atoms with van der Waals surface area (Å²) < 4.78 is 5.42. The first-order valence-electron chi connectivity index (χ1n) is 6.18. The molecule has 2 aliphatic rings. The fourth-order valence-corrected chi connectivity index (χ4v) is 2.70. The molecule has 14 heavy (non-hydrogen) atoms. The number of ether oxygens (including phenoxy) is 1. The molecule has 2 fully saturated rings. The molecule has 0 aromatic carbocycles. The van der Waals surface area contributed by atoms with Crippen molar-refractivity contribution in [3.8, 4) is 0 Å². The summed E-state index contributed by atoms with van der Waals surface area (Å²) in [6.07, 6.45) is 6.75. The second kappa shape index (κ2) is 5.13. The van der Waals surface area contributed by atoms with Crippen molar-refractivity contribution in [3.05, 3.63) is 0 Å². The first-order chi connectivity index (χ1) is 6.86. The maximum atomic E-state index is 5.42. The van der Waals surface area contributed by atoms with Gasteiger partial charge in [0.05, 0.1) is 0 Å². The van der Waals surface area contributed by atoms with Crippen molar-refractivity contribution >= 4 is 0 Å². The van der Waals surface area contributed by atoms with Gasteiger partial charge in [0.1, 0.15) is 0 Å². The van der Waals surface area contributed by atoms with Gasteiger partial charge in [-0.1, -0.05) is 6.92 Å². The summed E-state index contributed by atoms with van der Waals surface area (Å²) in [4.78, 5) is 2.71. The van der Waals surface area contributed by atoms with Crippen molar-refractivity contribution in [2.45, 2.75) is 45.1 Å². The third kappa shape index (κ3) is 2.71. The summed E-state index contributed by atoms with van der Waals surface area (Å²) in [6.45, 7) is 7.02. The van der Waals surface area contributed by atoms with Gasteiger partial charge >= 0.3 is 0 Å². The molecule has 1 atom stereocenters. The normalized spacial score (nSPS) is 32.8. The molecule has 0 spiro atoms. The lowest BCUT2D eigenvalue weighted by atomic mass is 10.0. The van der Waals surface area contributed by atoms with Crippen LogP contribution in [-0.4, -0.2) is 37.2 Å². The highest BCUT2D eigenvalue weighted by atomic mass is 16.5. The van der Waals surface area contributed by atoms with Crippen molar-refractivity contribution < 1.29 is 4.74 Å². The van der Waals surface area contributed by atoms with E-state index in [1.807, 2.05) is 0 Å². The first kappa shape index (κ1) is 10.4. The fraction of sp³-hybridized carbons (Fsp3) is 1.00. The average Bonchev–Trinajstić information content (AvgIpc) is 2.44. The SMILES string of the molecule is C[C@H]1CCCN(C2CCOCC2)CC1. The van der Waals surface area contributed by atoms with Crippen LogP contribution in [0.3, 0.4) is 0 Å². The molecule has 2 heteroatoms. The van der Waals surface area contributed by atoms with Crippen LogP contribution in [0.1, 0.15) is 39.0 Å². The van der Waals surface area contributed by atoms with Gasteiger partial charge in [0.25, 0.3) is 0 Å². The van der Waals surface area contributed by atoms with Gasteiger partial charge in [0.2, 0.25) is 0 Å². The molecule has 0 amide bonds. The van der Waals surface area contributed by atoms with Crippen LogP contribution in [0.2, 0.25) is 0 Å². The molecule has 2 aliphatic heterocycles. The summed E-state index contributed by atoms with van der Waals surface area (Å²) in [5.74, 6) is 0.944. The van der Waals surface area contributed by atoms with Crippen molar-refractivity contribution in [2.24, 2.45) is 5.92 Å². The number of rotatable bonds is 1. The van der Waals surface area contributed by atoms with Crippen LogP contribution in [0.25, 0.3) is 0 Å². The Balaban J connectivity index is 1.83. The van der Waals surface area contributed by atoms with Crippen LogP contribution in [-0.2, 0) is 4.74 Å². The highest BCUT2D eigenvalue weighted by Gasteiger charge is 2.23. The highest BCUT2D eigenvalue weighted by molar-refractivity contribution is 4.77. The second-order valence-electron chi connectivity index (χ2n) is 4.92. The fourth-order valence-electron chi connectivity index (χ4n) is 2.70. The summed E-state index contributed by atoms with van der Waals surface area (Å²) in [7, 11) is 0. The minimum Gasteiger partial charge on any atom is -0.381 e. The van der Waals surface area contributed by atoms with E-state index in [-0.39, 0.29) is 0 Å². The van der Waals surface area contributed by atoms with Crippen LogP contribution in [0.15, 0.2) is 0 Å². The van der Waals surface area contributed by atoms with Gasteiger partial charge in [0, 0.05) is 19.3 Å². The summed E-state index contributed by atoms with van der Waals surface area (Å²) in [5, 5.41) is 0. The zero-order chi connectivity index (χ0) is 9.80. The van der Waals surface area contributed by atoms with Crippen molar-refractivity contribution in [1.82, 2.24) is 4.90 Å². The van der Waals surface area contributed by atoms with Crippen LogP contribution >= 0.6 is 0 Å². The van der Waals surface area contributed by atoms with Crippen molar-refractivity contribution in [2.75, 3.05) is 26.3 Å². The van der Waals surface area contributed by atoms with Gasteiger partial charge < -0.3 is 9.64 Å². The minimum atomic E-state index is 0.828. The predicted molar refractivity (Wildman–Crippen MR) is 58.4 cm³/mol. The van der Waals surface area contributed by atoms with Crippen LogP contribution < -0.4 is 0 Å². The Hall–Kier alpha value is -0.0800. The standard InChI is InChI=1S/C12H23NO/c1-11-3-2-7-13(8-4-11)12-5-9-14-10-6-12/h11-12H,2-10H2,1H3/t11-/m0/s1. The Bertz CT molecular complexity index is 166. The van der Waals surface area contributed by atoms with Gasteiger partial charge in [-0.05, 0) is 51.1 Å². The van der Waals surface area contributed by atoms with Gasteiger partial charge in [-0.2, -0.15) is 0 Å². The highest BCUT2D eigenvalue weighted by Crippen LogP contribution is 2.21. The quantitative estimate of drug-likeness (QED) is 0.639. The number of hydrogen-bond acceptors (Lipinski definition) is 2. The Morgan fingerprint density at radius 2 is 1.79 bits per heavy atom. The maximum absolute atomic E-state index is 5.42. The van der Waals surface area contributed by atoms with E-state index in [2.05, 4.69) is 11.8 Å². The summed E-state index contributed by atoms with van der Waals surface area (Å²) in [5.41, 5.74) is 0. The molecular formula is C12H23NO. The zero-order valence-corrected chi connectivity index (χ0v) is 9.37. The van der Waals surface area contributed by atoms with E-state index in [1.165, 1.54) is 45.2 Å². The van der Waals surface area contributed by atoms with Gasteiger partial charge in [0.15, 0.2) is 0 Å². The van der Waals surface area contributed by atoms with E-state index >= 15 is 0 Å². The van der Waals surface area contributed by atoms with Crippen LogP contribution in [0.4, 0.5) is 0 Å². The molecule has 2 nitrogen and oxygen atoms in total. The van der Waals surface area contributed by atoms with Crippen LogP contribution in [0, 0.1) is 5.92 Å². The van der Waals surface area contributed by atoms with E-state index in [0.717, 1.165) is 25.2 Å². The Kier molecular flexibility index (Phi) is 3.82. The number of nitrogens with zero attached hydrogens (tertiary/aromatic N) is 1. The number of hydrogen-bond donors (Lipinski definition) is 0. The summed E-state index contributed by atoms with van der Waals surface area (Å²) >= 11 is 0. The third-order valence-corrected chi connectivity index (χ3v) is 3.76. The van der Waals surface area contributed by atoms with E-state index in [0.29, 0.717) is 0 Å². The monoisotopic (exact) mass is 197 g/mol. The molecule has 0 bridgehead atoms. The topological polar surface area (TPSA) is 12.5 Å². The molecule has 2 rings (SSSR count). The Morgan fingerprint density at radius 3 is 2.57 bits per heavy atom. The molecular weight excluding hydrogens is 174 g/mol. The lowest BCUT2D eigenvalue weighted by molar-refractivity contribution is 0.0350. The Labute approximate surface area is 87.6 Å². The molecule has 82 valence electrons. The average molecular weight is 197 g/mol. The lowest BCUT2D eigenvalue weighted by Crippen LogP contribution is -2.40. The van der Waals surface area contributed by atoms with E-state index in [1.54, 1.807) is 0 Å². The van der Waals surface area contributed by atoms with E-state index in [4.69, 9.17) is 4.74 Å². The van der Waals surface area contributed by atoms with Crippen molar-refractivity contribution in [3.63, 3.8) is 0 Å².